The van der Waals surface area contributed by atoms with Gasteiger partial charge in [-0.2, -0.15) is 0 Å². The Bertz CT molecular complexity index is 1760. The zero-order valence-electron chi connectivity index (χ0n) is 22.8. The maximum atomic E-state index is 12.8. The number of hydrogen-bond acceptors (Lipinski definition) is 7. The number of esters is 1. The predicted octanol–water partition coefficient (Wildman–Crippen LogP) is 7.89. The standard InChI is InChI=1S/C33H26BrNO6S/c1-3-40-33(38)28-29(36)27(42-32(28)35-31(37)22-11-5-4-6-12-22)18-20-16-25(34)30(26(17-20)39-2)41-19-23-14-9-13-21-10-7-8-15-24(21)23/h4-18,36H,3,19H2,1-2H3/b27-18-,35-32?. The molecule has 7 nitrogen and oxygen atoms in total. The Balaban J connectivity index is 1.45. The highest BCUT2D eigenvalue weighted by molar-refractivity contribution is 9.10. The summed E-state index contributed by atoms with van der Waals surface area (Å²) < 4.78 is 17.6. The largest absolute Gasteiger partial charge is 0.506 e. The van der Waals surface area contributed by atoms with Gasteiger partial charge in [-0.25, -0.2) is 9.79 Å². The number of halogens is 1. The van der Waals surface area contributed by atoms with Gasteiger partial charge in [0.1, 0.15) is 23.0 Å². The summed E-state index contributed by atoms with van der Waals surface area (Å²) in [5.41, 5.74) is 1.90. The summed E-state index contributed by atoms with van der Waals surface area (Å²) in [6.07, 6.45) is 1.68. The summed E-state index contributed by atoms with van der Waals surface area (Å²) in [5.74, 6) is -0.618. The smallest absolute Gasteiger partial charge is 0.344 e. The molecule has 0 spiro atoms. The molecule has 0 aliphatic carbocycles. The first kappa shape index (κ1) is 29.2. The van der Waals surface area contributed by atoms with E-state index in [1.54, 1.807) is 56.5 Å². The summed E-state index contributed by atoms with van der Waals surface area (Å²) in [6, 6.07) is 26.3. The number of benzene rings is 4. The highest BCUT2D eigenvalue weighted by Crippen LogP contribution is 2.42. The van der Waals surface area contributed by atoms with E-state index in [9.17, 15) is 14.7 Å². The lowest BCUT2D eigenvalue weighted by molar-refractivity contribution is -0.138. The Hall–Kier alpha value is -4.34. The topological polar surface area (TPSA) is 94.4 Å². The molecule has 0 atom stereocenters. The fraction of sp³-hybridized carbons (Fsp3) is 0.121. The molecule has 0 saturated heterocycles. The highest BCUT2D eigenvalue weighted by Gasteiger charge is 2.34. The Labute approximate surface area is 255 Å². The van der Waals surface area contributed by atoms with Crippen molar-refractivity contribution < 1.29 is 28.9 Å². The molecule has 9 heteroatoms. The van der Waals surface area contributed by atoms with Crippen LogP contribution in [0.15, 0.2) is 111 Å². The van der Waals surface area contributed by atoms with Crippen LogP contribution in [-0.2, 0) is 16.1 Å². The Morgan fingerprint density at radius 3 is 2.50 bits per heavy atom. The zero-order valence-corrected chi connectivity index (χ0v) is 25.2. The quantitative estimate of drug-likeness (QED) is 0.195. The SMILES string of the molecule is CCOC(=O)C1=C(O)/C(=C/c2cc(Br)c(OCc3cccc4ccccc34)c(OC)c2)SC1=NC(=O)c1ccccc1. The first-order chi connectivity index (χ1) is 20.4. The summed E-state index contributed by atoms with van der Waals surface area (Å²) in [5, 5.41) is 13.3. The molecule has 1 heterocycles. The lowest BCUT2D eigenvalue weighted by Crippen LogP contribution is -2.14. The van der Waals surface area contributed by atoms with Crippen molar-refractivity contribution in [1.29, 1.82) is 0 Å². The number of amides is 1. The predicted molar refractivity (Wildman–Crippen MR) is 169 cm³/mol. The molecule has 1 aliphatic rings. The van der Waals surface area contributed by atoms with Gasteiger partial charge < -0.3 is 19.3 Å². The third-order valence-corrected chi connectivity index (χ3v) is 8.00. The van der Waals surface area contributed by atoms with Crippen LogP contribution in [0.1, 0.15) is 28.4 Å². The van der Waals surface area contributed by atoms with Crippen molar-refractivity contribution in [2.75, 3.05) is 13.7 Å². The van der Waals surface area contributed by atoms with Gasteiger partial charge in [0.2, 0.25) is 0 Å². The molecular formula is C33H26BrNO6S. The maximum Gasteiger partial charge on any atom is 0.344 e. The van der Waals surface area contributed by atoms with Crippen molar-refractivity contribution >= 4 is 61.5 Å². The van der Waals surface area contributed by atoms with E-state index in [-0.39, 0.29) is 23.0 Å². The lowest BCUT2D eigenvalue weighted by atomic mass is 10.1. The molecule has 42 heavy (non-hydrogen) atoms. The zero-order chi connectivity index (χ0) is 29.6. The van der Waals surface area contributed by atoms with Gasteiger partial charge in [-0.15, -0.1) is 0 Å². The maximum absolute atomic E-state index is 12.8. The van der Waals surface area contributed by atoms with E-state index in [2.05, 4.69) is 39.1 Å². The molecular weight excluding hydrogens is 618 g/mol. The summed E-state index contributed by atoms with van der Waals surface area (Å²) in [6.45, 7) is 2.09. The molecule has 1 N–H and O–H groups in total. The molecule has 0 radical (unpaired) electrons. The second-order valence-electron chi connectivity index (χ2n) is 9.10. The van der Waals surface area contributed by atoms with Crippen LogP contribution in [0.5, 0.6) is 11.5 Å². The monoisotopic (exact) mass is 643 g/mol. The van der Waals surface area contributed by atoms with Gasteiger partial charge in [-0.3, -0.25) is 4.79 Å². The van der Waals surface area contributed by atoms with Crippen molar-refractivity contribution in [1.82, 2.24) is 0 Å². The fourth-order valence-electron chi connectivity index (χ4n) is 4.41. The Morgan fingerprint density at radius 2 is 1.74 bits per heavy atom. The first-order valence-corrected chi connectivity index (χ1v) is 14.7. The molecule has 0 fully saturated rings. The molecule has 0 unspecified atom stereocenters. The minimum Gasteiger partial charge on any atom is -0.506 e. The van der Waals surface area contributed by atoms with Crippen LogP contribution >= 0.6 is 27.7 Å². The van der Waals surface area contributed by atoms with Crippen LogP contribution in [0.2, 0.25) is 0 Å². The Kier molecular flexibility index (Phi) is 9.09. The van der Waals surface area contributed by atoms with Crippen molar-refractivity contribution in [2.45, 2.75) is 13.5 Å². The third kappa shape index (κ3) is 6.27. The van der Waals surface area contributed by atoms with Crippen molar-refractivity contribution in [3.8, 4) is 11.5 Å². The van der Waals surface area contributed by atoms with Crippen LogP contribution in [0, 0.1) is 0 Å². The van der Waals surface area contributed by atoms with E-state index < -0.39 is 11.9 Å². The number of ether oxygens (including phenoxy) is 3. The molecule has 0 bridgehead atoms. The average Bonchev–Trinajstić information content (AvgIpc) is 3.30. The van der Waals surface area contributed by atoms with Crippen molar-refractivity contribution in [3.63, 3.8) is 0 Å². The summed E-state index contributed by atoms with van der Waals surface area (Å²) in [7, 11) is 1.55. The molecule has 1 amide bonds. The van der Waals surface area contributed by atoms with E-state index in [0.29, 0.717) is 38.6 Å². The van der Waals surface area contributed by atoms with Crippen LogP contribution < -0.4 is 9.47 Å². The number of carbonyl (C=O) groups is 2. The van der Waals surface area contributed by atoms with Gasteiger partial charge >= 0.3 is 5.97 Å². The lowest BCUT2D eigenvalue weighted by Gasteiger charge is -2.15. The van der Waals surface area contributed by atoms with Gasteiger partial charge in [0.15, 0.2) is 11.5 Å². The number of aliphatic hydroxyl groups excluding tert-OH is 1. The highest BCUT2D eigenvalue weighted by atomic mass is 79.9. The molecule has 4 aromatic carbocycles. The van der Waals surface area contributed by atoms with Crippen LogP contribution in [-0.4, -0.2) is 35.7 Å². The van der Waals surface area contributed by atoms with Gasteiger partial charge in [0.05, 0.1) is 23.1 Å². The molecule has 0 saturated carbocycles. The van der Waals surface area contributed by atoms with E-state index >= 15 is 0 Å². The van der Waals surface area contributed by atoms with Gasteiger partial charge in [-0.05, 0) is 75.1 Å². The van der Waals surface area contributed by atoms with Gasteiger partial charge in [0, 0.05) is 5.56 Å². The normalized spacial score (nSPS) is 14.9. The third-order valence-electron chi connectivity index (χ3n) is 6.40. The molecule has 5 rings (SSSR count). The van der Waals surface area contributed by atoms with Crippen molar-refractivity contribution in [3.05, 3.63) is 122 Å². The second kappa shape index (κ2) is 13.1. The van der Waals surface area contributed by atoms with E-state index in [0.717, 1.165) is 28.1 Å². The number of aliphatic hydroxyl groups is 1. The Morgan fingerprint density at radius 1 is 1.00 bits per heavy atom. The van der Waals surface area contributed by atoms with Crippen LogP contribution in [0.4, 0.5) is 0 Å². The first-order valence-electron chi connectivity index (χ1n) is 13.0. The second-order valence-corrected chi connectivity index (χ2v) is 11.0. The summed E-state index contributed by atoms with van der Waals surface area (Å²) >= 11 is 4.60. The molecule has 4 aromatic rings. The number of methoxy groups -OCH3 is 1. The number of carbonyl (C=O) groups excluding carboxylic acids is 2. The number of thioether (sulfide) groups is 1. The minimum atomic E-state index is -0.763. The average molecular weight is 645 g/mol. The summed E-state index contributed by atoms with van der Waals surface area (Å²) in [4.78, 5) is 30.0. The van der Waals surface area contributed by atoms with E-state index in [1.165, 1.54) is 0 Å². The minimum absolute atomic E-state index is 0.0622. The van der Waals surface area contributed by atoms with Crippen LogP contribution in [0.25, 0.3) is 16.8 Å². The molecule has 1 aliphatic heterocycles. The number of hydrogen-bond donors (Lipinski definition) is 1. The number of nitrogens with zero attached hydrogens (tertiary/aromatic N) is 1. The molecule has 212 valence electrons. The van der Waals surface area contributed by atoms with Crippen molar-refractivity contribution in [2.24, 2.45) is 4.99 Å². The van der Waals surface area contributed by atoms with E-state index in [1.807, 2.05) is 30.3 Å². The van der Waals surface area contributed by atoms with Gasteiger partial charge in [0.25, 0.3) is 5.91 Å². The number of rotatable bonds is 8. The molecule has 0 aromatic heterocycles. The number of fused-ring (bicyclic) bond motifs is 1. The fourth-order valence-corrected chi connectivity index (χ4v) is 6.00. The number of aliphatic imine (C=N–C) groups is 1. The van der Waals surface area contributed by atoms with Crippen LogP contribution in [0.3, 0.4) is 0 Å². The van der Waals surface area contributed by atoms with E-state index in [4.69, 9.17) is 14.2 Å². The van der Waals surface area contributed by atoms with Gasteiger partial charge in [-0.1, -0.05) is 72.4 Å².